The van der Waals surface area contributed by atoms with Gasteiger partial charge in [0.2, 0.25) is 0 Å². The highest BCUT2D eigenvalue weighted by atomic mass is 35.5. The lowest BCUT2D eigenvalue weighted by Gasteiger charge is -2.16. The summed E-state index contributed by atoms with van der Waals surface area (Å²) in [6.45, 7) is 2.77. The zero-order valence-electron chi connectivity index (χ0n) is 10.6. The summed E-state index contributed by atoms with van der Waals surface area (Å²) < 4.78 is 10.4. The van der Waals surface area contributed by atoms with Crippen molar-refractivity contribution in [1.82, 2.24) is 5.32 Å². The van der Waals surface area contributed by atoms with Gasteiger partial charge in [0.25, 0.3) is 5.91 Å². The molecule has 1 aromatic rings. The van der Waals surface area contributed by atoms with Gasteiger partial charge in [0.1, 0.15) is 5.75 Å². The van der Waals surface area contributed by atoms with Crippen molar-refractivity contribution in [3.05, 3.63) is 29.8 Å². The smallest absolute Gasteiger partial charge is 0.255 e. The molecule has 5 heteroatoms. The number of carbonyl (C=O) groups excluding carboxylic acids is 1. The number of rotatable bonds is 7. The van der Waals surface area contributed by atoms with Crippen LogP contribution in [0.15, 0.2) is 24.3 Å². The van der Waals surface area contributed by atoms with Crippen molar-refractivity contribution in [2.45, 2.75) is 13.0 Å². The minimum absolute atomic E-state index is 0.207. The van der Waals surface area contributed by atoms with Crippen LogP contribution in [-0.4, -0.2) is 38.2 Å². The topological polar surface area (TPSA) is 47.6 Å². The molecular formula is C13H18ClNO3. The first-order chi connectivity index (χ1) is 8.72. The average Bonchev–Trinajstić information content (AvgIpc) is 2.39. The van der Waals surface area contributed by atoms with Crippen molar-refractivity contribution in [2.75, 3.05) is 26.2 Å². The van der Waals surface area contributed by atoms with Crippen LogP contribution < -0.4 is 10.1 Å². The lowest BCUT2D eigenvalue weighted by Crippen LogP contribution is -2.39. The molecule has 1 unspecified atom stereocenters. The number of amides is 1. The zero-order chi connectivity index (χ0) is 13.4. The Kier molecular flexibility index (Phi) is 6.54. The summed E-state index contributed by atoms with van der Waals surface area (Å²) in [5.41, 5.74) is 0.505. The number of benzene rings is 1. The Morgan fingerprint density at radius 1 is 1.44 bits per heavy atom. The second-order valence-electron chi connectivity index (χ2n) is 3.71. The molecule has 1 N–H and O–H groups in total. The van der Waals surface area contributed by atoms with Gasteiger partial charge in [-0.05, 0) is 19.1 Å². The molecule has 1 atom stereocenters. The first-order valence-corrected chi connectivity index (χ1v) is 6.34. The summed E-state index contributed by atoms with van der Waals surface area (Å²) in [5.74, 6) is 0.668. The molecular weight excluding hydrogens is 254 g/mol. The van der Waals surface area contributed by atoms with Gasteiger partial charge < -0.3 is 14.8 Å². The Labute approximate surface area is 112 Å². The van der Waals surface area contributed by atoms with E-state index in [0.717, 1.165) is 0 Å². The molecule has 1 aromatic carbocycles. The van der Waals surface area contributed by atoms with Gasteiger partial charge in [0, 0.05) is 13.0 Å². The molecule has 0 fully saturated rings. The van der Waals surface area contributed by atoms with Crippen LogP contribution in [0.4, 0.5) is 0 Å². The molecule has 0 radical (unpaired) electrons. The number of carbonyl (C=O) groups is 1. The van der Waals surface area contributed by atoms with Gasteiger partial charge in [-0.3, -0.25) is 4.79 Å². The summed E-state index contributed by atoms with van der Waals surface area (Å²) in [6.07, 6.45) is 0. The molecule has 18 heavy (non-hydrogen) atoms. The van der Waals surface area contributed by atoms with E-state index in [-0.39, 0.29) is 11.9 Å². The molecule has 0 saturated heterocycles. The SMILES string of the molecule is CCOc1ccccc1C(=O)NC(CCl)COC. The number of alkyl halides is 1. The number of hydrogen-bond donors (Lipinski definition) is 1. The molecule has 0 bridgehead atoms. The molecule has 0 aromatic heterocycles. The third-order valence-electron chi connectivity index (χ3n) is 2.32. The predicted molar refractivity (Wildman–Crippen MR) is 71.5 cm³/mol. The summed E-state index contributed by atoms with van der Waals surface area (Å²) >= 11 is 5.75. The Morgan fingerprint density at radius 3 is 2.78 bits per heavy atom. The fourth-order valence-electron chi connectivity index (χ4n) is 1.52. The van der Waals surface area contributed by atoms with Crippen LogP contribution >= 0.6 is 11.6 Å². The fourth-order valence-corrected chi connectivity index (χ4v) is 1.69. The molecule has 0 spiro atoms. The first-order valence-electron chi connectivity index (χ1n) is 5.80. The maximum absolute atomic E-state index is 12.1. The molecule has 4 nitrogen and oxygen atoms in total. The molecule has 0 heterocycles. The Bertz CT molecular complexity index is 384. The normalized spacial score (nSPS) is 11.9. The van der Waals surface area contributed by atoms with Crippen LogP contribution in [0, 0.1) is 0 Å². The van der Waals surface area contributed by atoms with E-state index in [1.54, 1.807) is 25.3 Å². The van der Waals surface area contributed by atoms with Crippen molar-refractivity contribution in [3.8, 4) is 5.75 Å². The van der Waals surface area contributed by atoms with Crippen LogP contribution in [0.2, 0.25) is 0 Å². The Balaban J connectivity index is 2.76. The standard InChI is InChI=1S/C13H18ClNO3/c1-3-18-12-7-5-4-6-11(12)13(16)15-10(8-14)9-17-2/h4-7,10H,3,8-9H2,1-2H3,(H,15,16). The molecule has 0 aliphatic heterocycles. The average molecular weight is 272 g/mol. The monoisotopic (exact) mass is 271 g/mol. The third-order valence-corrected chi connectivity index (χ3v) is 2.69. The lowest BCUT2D eigenvalue weighted by molar-refractivity contribution is 0.0903. The van der Waals surface area contributed by atoms with Crippen LogP contribution in [0.3, 0.4) is 0 Å². The van der Waals surface area contributed by atoms with Crippen molar-refractivity contribution in [2.24, 2.45) is 0 Å². The Hall–Kier alpha value is -1.26. The number of halogens is 1. The summed E-state index contributed by atoms with van der Waals surface area (Å²) in [4.78, 5) is 12.1. The second kappa shape index (κ2) is 7.95. The van der Waals surface area contributed by atoms with Gasteiger partial charge in [-0.2, -0.15) is 0 Å². The van der Waals surface area contributed by atoms with Crippen molar-refractivity contribution < 1.29 is 14.3 Å². The van der Waals surface area contributed by atoms with Crippen LogP contribution in [0.25, 0.3) is 0 Å². The lowest BCUT2D eigenvalue weighted by atomic mass is 10.1. The highest BCUT2D eigenvalue weighted by molar-refractivity contribution is 6.18. The van der Waals surface area contributed by atoms with Gasteiger partial charge in [-0.25, -0.2) is 0 Å². The summed E-state index contributed by atoms with van der Waals surface area (Å²) in [7, 11) is 1.57. The van der Waals surface area contributed by atoms with E-state index >= 15 is 0 Å². The highest BCUT2D eigenvalue weighted by Gasteiger charge is 2.16. The van der Waals surface area contributed by atoms with Crippen LogP contribution in [-0.2, 0) is 4.74 Å². The number of hydrogen-bond acceptors (Lipinski definition) is 3. The second-order valence-corrected chi connectivity index (χ2v) is 4.02. The number of methoxy groups -OCH3 is 1. The molecule has 0 aliphatic rings. The van der Waals surface area contributed by atoms with E-state index < -0.39 is 0 Å². The first kappa shape index (κ1) is 14.8. The largest absolute Gasteiger partial charge is 0.493 e. The minimum Gasteiger partial charge on any atom is -0.493 e. The van der Waals surface area contributed by atoms with E-state index in [9.17, 15) is 4.79 Å². The Morgan fingerprint density at radius 2 is 2.17 bits per heavy atom. The quantitative estimate of drug-likeness (QED) is 0.773. The van der Waals surface area contributed by atoms with Gasteiger partial charge >= 0.3 is 0 Å². The van der Waals surface area contributed by atoms with E-state index in [1.807, 2.05) is 13.0 Å². The van der Waals surface area contributed by atoms with Gasteiger partial charge in [-0.15, -0.1) is 11.6 Å². The molecule has 1 amide bonds. The summed E-state index contributed by atoms with van der Waals surface area (Å²) in [5, 5.41) is 2.81. The number of ether oxygens (including phenoxy) is 2. The van der Waals surface area contributed by atoms with Crippen molar-refractivity contribution in [1.29, 1.82) is 0 Å². The number of nitrogens with one attached hydrogen (secondary N) is 1. The molecule has 0 aliphatic carbocycles. The maximum Gasteiger partial charge on any atom is 0.255 e. The van der Waals surface area contributed by atoms with Crippen molar-refractivity contribution >= 4 is 17.5 Å². The molecule has 0 saturated carbocycles. The zero-order valence-corrected chi connectivity index (χ0v) is 11.4. The predicted octanol–water partition coefficient (Wildman–Crippen LogP) is 2.07. The maximum atomic E-state index is 12.1. The summed E-state index contributed by atoms with van der Waals surface area (Å²) in [6, 6.07) is 6.90. The molecule has 100 valence electrons. The van der Waals surface area contributed by atoms with E-state index in [4.69, 9.17) is 21.1 Å². The van der Waals surface area contributed by atoms with Gasteiger partial charge in [0.15, 0.2) is 0 Å². The highest BCUT2D eigenvalue weighted by Crippen LogP contribution is 2.17. The van der Waals surface area contributed by atoms with Crippen LogP contribution in [0.5, 0.6) is 5.75 Å². The van der Waals surface area contributed by atoms with E-state index in [2.05, 4.69) is 5.32 Å². The molecule has 1 rings (SSSR count). The van der Waals surface area contributed by atoms with Gasteiger partial charge in [-0.1, -0.05) is 12.1 Å². The van der Waals surface area contributed by atoms with Crippen LogP contribution in [0.1, 0.15) is 17.3 Å². The third kappa shape index (κ3) is 4.20. The fraction of sp³-hybridized carbons (Fsp3) is 0.462. The van der Waals surface area contributed by atoms with E-state index in [1.165, 1.54) is 0 Å². The number of para-hydroxylation sites is 1. The van der Waals surface area contributed by atoms with Crippen molar-refractivity contribution in [3.63, 3.8) is 0 Å². The minimum atomic E-state index is -0.209. The van der Waals surface area contributed by atoms with E-state index in [0.29, 0.717) is 30.4 Å². The van der Waals surface area contributed by atoms with Gasteiger partial charge in [0.05, 0.1) is 24.8 Å².